The van der Waals surface area contributed by atoms with Crippen LogP contribution < -0.4 is 11.2 Å². The molecule has 0 saturated heterocycles. The number of nitrogens with zero attached hydrogens (tertiary/aromatic N) is 4. The molecular weight excluding hydrogens is 377 g/mol. The van der Waals surface area contributed by atoms with Gasteiger partial charge in [0.15, 0.2) is 33.7 Å². The standard InChI is InChI=1S/C15H20N5O4PS/c1-3-4-5-8-20-13(9-6-7-10(24-9)25(21,22)23)17-11-12(16)18-15(26-2)19-14(11)20/h6-7H,3-5,8H2,1-2H3,(H2,16,18,19)(H2,21,22,23). The number of furan rings is 1. The molecule has 4 N–H and O–H groups in total. The van der Waals surface area contributed by atoms with Crippen molar-refractivity contribution >= 4 is 41.8 Å². The first-order valence-corrected chi connectivity index (χ1v) is 10.9. The Morgan fingerprint density at radius 1 is 1.27 bits per heavy atom. The Hall–Kier alpha value is -1.87. The molecule has 0 fully saturated rings. The molecule has 0 saturated carbocycles. The zero-order chi connectivity index (χ0) is 18.9. The maximum Gasteiger partial charge on any atom is 0.391 e. The fourth-order valence-corrected chi connectivity index (χ4v) is 3.47. The SMILES string of the molecule is CCCCCn1c(-c2ccc(P(=O)(O)O)o2)nc2c(N)nc(SC)nc21. The van der Waals surface area contributed by atoms with Gasteiger partial charge in [0, 0.05) is 6.54 Å². The van der Waals surface area contributed by atoms with Crippen molar-refractivity contribution in [1.29, 1.82) is 0 Å². The molecule has 0 atom stereocenters. The van der Waals surface area contributed by atoms with E-state index in [1.54, 1.807) is 0 Å². The van der Waals surface area contributed by atoms with Gasteiger partial charge < -0.3 is 24.5 Å². The molecule has 0 unspecified atom stereocenters. The number of anilines is 1. The molecule has 140 valence electrons. The fraction of sp³-hybridized carbons (Fsp3) is 0.400. The lowest BCUT2D eigenvalue weighted by Crippen LogP contribution is -2.04. The number of nitrogen functional groups attached to an aromatic ring is 1. The van der Waals surface area contributed by atoms with Crippen molar-refractivity contribution in [2.24, 2.45) is 0 Å². The number of fused-ring (bicyclic) bond motifs is 1. The topological polar surface area (TPSA) is 140 Å². The highest BCUT2D eigenvalue weighted by molar-refractivity contribution is 7.98. The van der Waals surface area contributed by atoms with Gasteiger partial charge in [-0.3, -0.25) is 4.57 Å². The summed E-state index contributed by atoms with van der Waals surface area (Å²) in [5, 5.41) is 0.536. The smallest absolute Gasteiger partial charge is 0.391 e. The van der Waals surface area contributed by atoms with Crippen LogP contribution in [0, 0.1) is 0 Å². The second kappa shape index (κ2) is 7.40. The second-order valence-electron chi connectivity index (χ2n) is 5.74. The number of aromatic nitrogens is 4. The zero-order valence-corrected chi connectivity index (χ0v) is 16.1. The Morgan fingerprint density at radius 2 is 2.04 bits per heavy atom. The largest absolute Gasteiger partial charge is 0.445 e. The number of hydrogen-bond acceptors (Lipinski definition) is 7. The first-order valence-electron chi connectivity index (χ1n) is 8.09. The van der Waals surface area contributed by atoms with Gasteiger partial charge in [0.25, 0.3) is 0 Å². The van der Waals surface area contributed by atoms with Crippen LogP contribution in [0.25, 0.3) is 22.7 Å². The lowest BCUT2D eigenvalue weighted by atomic mass is 10.2. The number of rotatable bonds is 7. The van der Waals surface area contributed by atoms with E-state index in [0.29, 0.717) is 28.7 Å². The third-order valence-corrected chi connectivity index (χ3v) is 5.23. The number of aryl methyl sites for hydroxylation is 1. The molecule has 0 aromatic carbocycles. The van der Waals surface area contributed by atoms with Crippen LogP contribution in [0.4, 0.5) is 5.82 Å². The summed E-state index contributed by atoms with van der Waals surface area (Å²) in [6, 6.07) is 2.75. The van der Waals surface area contributed by atoms with Crippen molar-refractivity contribution in [2.45, 2.75) is 37.9 Å². The summed E-state index contributed by atoms with van der Waals surface area (Å²) in [5.41, 5.74) is 6.66. The van der Waals surface area contributed by atoms with Crippen molar-refractivity contribution in [3.63, 3.8) is 0 Å². The van der Waals surface area contributed by atoms with Crippen LogP contribution >= 0.6 is 19.4 Å². The monoisotopic (exact) mass is 397 g/mol. The number of thioether (sulfide) groups is 1. The lowest BCUT2D eigenvalue weighted by Gasteiger charge is -2.07. The van der Waals surface area contributed by atoms with Crippen LogP contribution in [0.3, 0.4) is 0 Å². The van der Waals surface area contributed by atoms with E-state index in [1.807, 2.05) is 10.8 Å². The summed E-state index contributed by atoms with van der Waals surface area (Å²) in [4.78, 5) is 31.8. The molecule has 0 amide bonds. The van der Waals surface area contributed by atoms with Crippen LogP contribution in [0.1, 0.15) is 26.2 Å². The van der Waals surface area contributed by atoms with Crippen molar-refractivity contribution in [2.75, 3.05) is 12.0 Å². The minimum Gasteiger partial charge on any atom is -0.445 e. The van der Waals surface area contributed by atoms with Crippen molar-refractivity contribution in [3.8, 4) is 11.6 Å². The van der Waals surface area contributed by atoms with Gasteiger partial charge in [0.05, 0.1) is 0 Å². The van der Waals surface area contributed by atoms with Crippen LogP contribution in [0.15, 0.2) is 21.7 Å². The Balaban J connectivity index is 2.16. The lowest BCUT2D eigenvalue weighted by molar-refractivity contribution is 0.377. The van der Waals surface area contributed by atoms with E-state index >= 15 is 0 Å². The quantitative estimate of drug-likeness (QED) is 0.237. The van der Waals surface area contributed by atoms with Gasteiger partial charge in [-0.15, -0.1) is 0 Å². The molecule has 3 heterocycles. The highest BCUT2D eigenvalue weighted by atomic mass is 32.2. The molecule has 9 nitrogen and oxygen atoms in total. The van der Waals surface area contributed by atoms with Crippen molar-refractivity contribution in [1.82, 2.24) is 19.5 Å². The van der Waals surface area contributed by atoms with Gasteiger partial charge in [-0.2, -0.15) is 0 Å². The normalized spacial score (nSPS) is 12.2. The van der Waals surface area contributed by atoms with Gasteiger partial charge in [-0.1, -0.05) is 31.5 Å². The molecule has 3 rings (SSSR count). The molecule has 11 heteroatoms. The van der Waals surface area contributed by atoms with E-state index in [2.05, 4.69) is 21.9 Å². The third kappa shape index (κ3) is 3.64. The average Bonchev–Trinajstić information content (AvgIpc) is 3.20. The van der Waals surface area contributed by atoms with Crippen LogP contribution in [0.5, 0.6) is 0 Å². The van der Waals surface area contributed by atoms with E-state index in [4.69, 9.17) is 10.2 Å². The summed E-state index contributed by atoms with van der Waals surface area (Å²) in [6.07, 6.45) is 4.84. The molecule has 26 heavy (non-hydrogen) atoms. The molecule has 0 aliphatic heterocycles. The zero-order valence-electron chi connectivity index (χ0n) is 14.4. The van der Waals surface area contributed by atoms with Gasteiger partial charge in [0.2, 0.25) is 5.50 Å². The number of hydrogen-bond donors (Lipinski definition) is 3. The number of nitrogens with two attached hydrogens (primary N) is 1. The first-order chi connectivity index (χ1) is 12.3. The molecule has 3 aromatic heterocycles. The molecule has 0 spiro atoms. The third-order valence-electron chi connectivity index (χ3n) is 3.87. The fourth-order valence-electron chi connectivity index (χ4n) is 2.62. The first kappa shape index (κ1) is 18.9. The van der Waals surface area contributed by atoms with Crippen LogP contribution in [-0.2, 0) is 11.1 Å². The summed E-state index contributed by atoms with van der Waals surface area (Å²) < 4.78 is 18.6. The number of imidazole rings is 1. The summed E-state index contributed by atoms with van der Waals surface area (Å²) in [7, 11) is -4.48. The summed E-state index contributed by atoms with van der Waals surface area (Å²) >= 11 is 1.38. The van der Waals surface area contributed by atoms with Gasteiger partial charge in [0.1, 0.15) is 0 Å². The van der Waals surface area contributed by atoms with Crippen LogP contribution in [0.2, 0.25) is 0 Å². The minimum atomic E-state index is -4.48. The highest BCUT2D eigenvalue weighted by Gasteiger charge is 2.25. The van der Waals surface area contributed by atoms with E-state index in [1.165, 1.54) is 23.9 Å². The Labute approximate surface area is 154 Å². The minimum absolute atomic E-state index is 0.253. The van der Waals surface area contributed by atoms with E-state index in [-0.39, 0.29) is 11.6 Å². The molecule has 0 aliphatic rings. The van der Waals surface area contributed by atoms with Gasteiger partial charge in [-0.05, 0) is 24.8 Å². The van der Waals surface area contributed by atoms with E-state index in [0.717, 1.165) is 19.3 Å². The maximum absolute atomic E-state index is 11.4. The predicted molar refractivity (Wildman–Crippen MR) is 100 cm³/mol. The van der Waals surface area contributed by atoms with Crippen LogP contribution in [-0.4, -0.2) is 35.6 Å². The maximum atomic E-state index is 11.4. The molecule has 0 aliphatic carbocycles. The average molecular weight is 397 g/mol. The van der Waals surface area contributed by atoms with Gasteiger partial charge in [-0.25, -0.2) is 15.0 Å². The summed E-state index contributed by atoms with van der Waals surface area (Å²) in [6.45, 7) is 2.74. The Bertz CT molecular complexity index is 980. The van der Waals surface area contributed by atoms with Crippen molar-refractivity contribution < 1.29 is 18.8 Å². The highest BCUT2D eigenvalue weighted by Crippen LogP contribution is 2.36. The number of unbranched alkanes of at least 4 members (excludes halogenated alkanes) is 2. The Kier molecular flexibility index (Phi) is 5.38. The molecule has 3 aromatic rings. The van der Waals surface area contributed by atoms with Gasteiger partial charge >= 0.3 is 7.60 Å². The molecular formula is C15H20N5O4PS. The second-order valence-corrected chi connectivity index (χ2v) is 8.05. The van der Waals surface area contributed by atoms with E-state index < -0.39 is 13.1 Å². The van der Waals surface area contributed by atoms with Crippen molar-refractivity contribution in [3.05, 3.63) is 12.1 Å². The molecule has 0 radical (unpaired) electrons. The Morgan fingerprint density at radius 3 is 2.65 bits per heavy atom. The predicted octanol–water partition coefficient (Wildman–Crippen LogP) is 2.38. The van der Waals surface area contributed by atoms with E-state index in [9.17, 15) is 14.4 Å². The molecule has 0 bridgehead atoms. The summed E-state index contributed by atoms with van der Waals surface area (Å²) in [5.74, 6) is 0.939.